The zero-order valence-corrected chi connectivity index (χ0v) is 19.0. The van der Waals surface area contributed by atoms with E-state index in [1.165, 1.54) is 18.3 Å². The third kappa shape index (κ3) is 5.21. The summed E-state index contributed by atoms with van der Waals surface area (Å²) < 4.78 is 55.8. The lowest BCUT2D eigenvalue weighted by Crippen LogP contribution is -2.30. The molecular formula is C26H25F4N3O. The Hall–Kier alpha value is -3.42. The molecule has 1 amide bonds. The van der Waals surface area contributed by atoms with Gasteiger partial charge in [0.15, 0.2) is 0 Å². The maximum Gasteiger partial charge on any atom is 0.259 e. The quantitative estimate of drug-likeness (QED) is 0.441. The number of amides is 1. The summed E-state index contributed by atoms with van der Waals surface area (Å²) in [6.07, 6.45) is 1.12. The summed E-state index contributed by atoms with van der Waals surface area (Å²) in [5, 5.41) is 2.85. The highest BCUT2D eigenvalue weighted by Crippen LogP contribution is 2.35. The Balaban J connectivity index is 1.80. The van der Waals surface area contributed by atoms with Crippen molar-refractivity contribution in [2.45, 2.75) is 39.0 Å². The van der Waals surface area contributed by atoms with Crippen molar-refractivity contribution in [2.75, 3.05) is 23.3 Å². The maximum atomic E-state index is 14.0. The molecule has 1 aliphatic rings. The SMILES string of the molecule is Cc1cccc(NC(=O)c2c(N3CCCC(F)(F)CC3)ncc(-c3cc(F)cc(F)c3)c2C)c1. The number of rotatable bonds is 4. The van der Waals surface area contributed by atoms with Crippen molar-refractivity contribution in [3.05, 3.63) is 77.0 Å². The van der Waals surface area contributed by atoms with Crippen LogP contribution < -0.4 is 10.2 Å². The molecule has 178 valence electrons. The van der Waals surface area contributed by atoms with Gasteiger partial charge in [-0.05, 0) is 61.2 Å². The van der Waals surface area contributed by atoms with Gasteiger partial charge in [-0.1, -0.05) is 12.1 Å². The molecule has 0 radical (unpaired) electrons. The molecule has 0 bridgehead atoms. The van der Waals surface area contributed by atoms with Gasteiger partial charge in [0, 0.05) is 49.4 Å². The molecule has 8 heteroatoms. The molecule has 0 spiro atoms. The number of nitrogens with one attached hydrogen (secondary N) is 1. The highest BCUT2D eigenvalue weighted by molar-refractivity contribution is 6.09. The molecule has 2 aromatic carbocycles. The number of anilines is 2. The number of hydrogen-bond donors (Lipinski definition) is 1. The third-order valence-electron chi connectivity index (χ3n) is 6.01. The van der Waals surface area contributed by atoms with Crippen LogP contribution in [0.4, 0.5) is 29.1 Å². The lowest BCUT2D eigenvalue weighted by Gasteiger charge is -2.26. The first-order valence-electron chi connectivity index (χ1n) is 11.1. The molecular weight excluding hydrogens is 446 g/mol. The summed E-state index contributed by atoms with van der Waals surface area (Å²) in [5.41, 5.74) is 2.79. The minimum absolute atomic E-state index is 0.0398. The Morgan fingerprint density at radius 2 is 1.76 bits per heavy atom. The number of nitrogens with zero attached hydrogens (tertiary/aromatic N) is 2. The maximum absolute atomic E-state index is 14.0. The van der Waals surface area contributed by atoms with Crippen molar-refractivity contribution in [2.24, 2.45) is 0 Å². The summed E-state index contributed by atoms with van der Waals surface area (Å²) >= 11 is 0. The minimum Gasteiger partial charge on any atom is -0.356 e. The highest BCUT2D eigenvalue weighted by Gasteiger charge is 2.33. The molecule has 4 nitrogen and oxygen atoms in total. The van der Waals surface area contributed by atoms with Crippen molar-refractivity contribution in [1.29, 1.82) is 0 Å². The summed E-state index contributed by atoms with van der Waals surface area (Å²) in [4.78, 5) is 19.6. The average Bonchev–Trinajstić information content (AvgIpc) is 2.93. The number of aryl methyl sites for hydroxylation is 1. The van der Waals surface area contributed by atoms with E-state index in [2.05, 4.69) is 10.3 Å². The summed E-state index contributed by atoms with van der Waals surface area (Å²) in [7, 11) is 0. The molecule has 4 rings (SSSR count). The fourth-order valence-corrected chi connectivity index (χ4v) is 4.29. The van der Waals surface area contributed by atoms with Crippen molar-refractivity contribution < 1.29 is 22.4 Å². The molecule has 0 unspecified atom stereocenters. The van der Waals surface area contributed by atoms with E-state index in [1.54, 1.807) is 30.0 Å². The van der Waals surface area contributed by atoms with Crippen LogP contribution in [-0.4, -0.2) is 29.9 Å². The molecule has 0 aliphatic carbocycles. The molecule has 1 saturated heterocycles. The molecule has 0 saturated carbocycles. The second-order valence-corrected chi connectivity index (χ2v) is 8.67. The Morgan fingerprint density at radius 3 is 2.47 bits per heavy atom. The first kappa shape index (κ1) is 23.7. The van der Waals surface area contributed by atoms with E-state index in [0.29, 0.717) is 23.4 Å². The number of carbonyl (C=O) groups excluding carboxylic acids is 1. The van der Waals surface area contributed by atoms with E-state index in [0.717, 1.165) is 11.6 Å². The van der Waals surface area contributed by atoms with Gasteiger partial charge >= 0.3 is 0 Å². The molecule has 1 aromatic heterocycles. The highest BCUT2D eigenvalue weighted by atomic mass is 19.3. The van der Waals surface area contributed by atoms with Crippen LogP contribution in [0, 0.1) is 25.5 Å². The van der Waals surface area contributed by atoms with Gasteiger partial charge in [0.25, 0.3) is 5.91 Å². The van der Waals surface area contributed by atoms with E-state index in [9.17, 15) is 22.4 Å². The van der Waals surface area contributed by atoms with Crippen LogP contribution in [0.15, 0.2) is 48.7 Å². The predicted octanol–water partition coefficient (Wildman–Crippen LogP) is 6.52. The first-order chi connectivity index (χ1) is 16.1. The molecule has 3 aromatic rings. The normalized spacial score (nSPS) is 15.6. The second kappa shape index (κ2) is 9.44. The number of pyridine rings is 1. The number of alkyl halides is 2. The first-order valence-corrected chi connectivity index (χ1v) is 11.1. The zero-order valence-electron chi connectivity index (χ0n) is 19.0. The van der Waals surface area contributed by atoms with Crippen LogP contribution in [0.2, 0.25) is 0 Å². The minimum atomic E-state index is -2.77. The lowest BCUT2D eigenvalue weighted by atomic mass is 9.97. The van der Waals surface area contributed by atoms with Crippen LogP contribution in [0.25, 0.3) is 11.1 Å². The Bertz CT molecular complexity index is 1210. The number of carbonyl (C=O) groups is 1. The Morgan fingerprint density at radius 1 is 1.03 bits per heavy atom. The monoisotopic (exact) mass is 471 g/mol. The fourth-order valence-electron chi connectivity index (χ4n) is 4.29. The summed E-state index contributed by atoms with van der Waals surface area (Å²) in [5.74, 6) is -4.47. The number of aromatic nitrogens is 1. The number of hydrogen-bond acceptors (Lipinski definition) is 3. The van der Waals surface area contributed by atoms with Gasteiger partial charge in [0.05, 0.1) is 5.56 Å². The van der Waals surface area contributed by atoms with Crippen molar-refractivity contribution in [1.82, 2.24) is 4.98 Å². The zero-order chi connectivity index (χ0) is 24.5. The van der Waals surface area contributed by atoms with Gasteiger partial charge in [-0.15, -0.1) is 0 Å². The van der Waals surface area contributed by atoms with Crippen molar-refractivity contribution in [3.63, 3.8) is 0 Å². The van der Waals surface area contributed by atoms with Gasteiger partial charge in [0.1, 0.15) is 17.5 Å². The van der Waals surface area contributed by atoms with Gasteiger partial charge in [-0.2, -0.15) is 0 Å². The Kier molecular flexibility index (Phi) is 6.59. The summed E-state index contributed by atoms with van der Waals surface area (Å²) in [6.45, 7) is 3.92. The molecule has 0 atom stereocenters. The van der Waals surface area contributed by atoms with Gasteiger partial charge in [-0.3, -0.25) is 4.79 Å². The smallest absolute Gasteiger partial charge is 0.259 e. The van der Waals surface area contributed by atoms with E-state index >= 15 is 0 Å². The van der Waals surface area contributed by atoms with E-state index < -0.39 is 23.5 Å². The molecule has 1 N–H and O–H groups in total. The van der Waals surface area contributed by atoms with Crippen molar-refractivity contribution >= 4 is 17.4 Å². The van der Waals surface area contributed by atoms with Gasteiger partial charge in [-0.25, -0.2) is 22.5 Å². The van der Waals surface area contributed by atoms with E-state index in [-0.39, 0.29) is 42.8 Å². The standard InChI is InChI=1S/C26H25F4N3O/c1-16-5-3-6-21(11-16)32-25(34)23-17(2)22(18-12-19(27)14-20(28)13-18)15-31-24(23)33-9-4-7-26(29,30)8-10-33/h3,5-6,11-15H,4,7-10H2,1-2H3,(H,32,34). The fraction of sp³-hybridized carbons (Fsp3) is 0.308. The van der Waals surface area contributed by atoms with Crippen LogP contribution in [0.1, 0.15) is 40.7 Å². The molecule has 1 aliphatic heterocycles. The Labute approximate surface area is 195 Å². The number of benzene rings is 2. The van der Waals surface area contributed by atoms with E-state index in [1.807, 2.05) is 13.0 Å². The van der Waals surface area contributed by atoms with Crippen LogP contribution in [0.5, 0.6) is 0 Å². The van der Waals surface area contributed by atoms with Gasteiger partial charge in [0.2, 0.25) is 5.92 Å². The topological polar surface area (TPSA) is 45.2 Å². The van der Waals surface area contributed by atoms with Gasteiger partial charge < -0.3 is 10.2 Å². The van der Waals surface area contributed by atoms with Crippen LogP contribution in [0.3, 0.4) is 0 Å². The van der Waals surface area contributed by atoms with Crippen LogP contribution in [-0.2, 0) is 0 Å². The predicted molar refractivity (Wildman–Crippen MR) is 124 cm³/mol. The molecule has 2 heterocycles. The largest absolute Gasteiger partial charge is 0.356 e. The van der Waals surface area contributed by atoms with Crippen molar-refractivity contribution in [3.8, 4) is 11.1 Å². The van der Waals surface area contributed by atoms with Crippen LogP contribution >= 0.6 is 0 Å². The average molecular weight is 471 g/mol. The molecule has 1 fully saturated rings. The van der Waals surface area contributed by atoms with E-state index in [4.69, 9.17) is 0 Å². The lowest BCUT2D eigenvalue weighted by molar-refractivity contribution is -0.0102. The second-order valence-electron chi connectivity index (χ2n) is 8.67. The molecule has 34 heavy (non-hydrogen) atoms. The summed E-state index contributed by atoms with van der Waals surface area (Å²) in [6, 6.07) is 10.3. The third-order valence-corrected chi connectivity index (χ3v) is 6.01. The number of halogens is 4.